The lowest BCUT2D eigenvalue weighted by Gasteiger charge is -2.05. The van der Waals surface area contributed by atoms with Gasteiger partial charge in [0.15, 0.2) is 4.96 Å². The largest absolute Gasteiger partial charge is 0.307 e. The highest BCUT2D eigenvalue weighted by molar-refractivity contribution is 7.15. The van der Waals surface area contributed by atoms with Crippen LogP contribution in [-0.4, -0.2) is 19.2 Å². The van der Waals surface area contributed by atoms with Gasteiger partial charge in [-0.25, -0.2) is 4.98 Å². The van der Waals surface area contributed by atoms with Crippen molar-refractivity contribution in [1.29, 1.82) is 0 Å². The highest BCUT2D eigenvalue weighted by atomic mass is 32.1. The summed E-state index contributed by atoms with van der Waals surface area (Å²) in [6, 6.07) is 0. The van der Waals surface area contributed by atoms with E-state index in [4.69, 9.17) is 0 Å². The molecule has 0 saturated heterocycles. The minimum Gasteiger partial charge on any atom is -0.307 e. The number of hydrogen-bond donors (Lipinski definition) is 1. The van der Waals surface area contributed by atoms with Crippen LogP contribution in [-0.2, 0) is 20.1 Å². The summed E-state index contributed by atoms with van der Waals surface area (Å²) in [7, 11) is 1.97. The van der Waals surface area contributed by atoms with E-state index in [-0.39, 0.29) is 0 Å². The summed E-state index contributed by atoms with van der Waals surface area (Å²) < 4.78 is 3.95. The molecule has 3 aromatic heterocycles. The maximum Gasteiger partial charge on any atom is 0.193 e. The Bertz CT molecular complexity index is 678. The van der Waals surface area contributed by atoms with Gasteiger partial charge in [-0.1, -0.05) is 13.8 Å². The van der Waals surface area contributed by atoms with Gasteiger partial charge < -0.3 is 5.32 Å². The molecule has 0 spiro atoms. The molecule has 0 amide bonds. The molecule has 6 heteroatoms. The summed E-state index contributed by atoms with van der Waals surface area (Å²) in [6.45, 7) is 5.96. The molecule has 0 aliphatic carbocycles. The Balaban J connectivity index is 1.63. The number of fused-ring (bicyclic) bond motifs is 1. The van der Waals surface area contributed by atoms with Crippen LogP contribution in [0.25, 0.3) is 4.96 Å². The minimum atomic E-state index is 0.450. The van der Waals surface area contributed by atoms with Crippen LogP contribution in [0.4, 0.5) is 0 Å². The Hall–Kier alpha value is -1.66. The number of imidazole rings is 1. The monoisotopic (exact) mass is 289 g/mol. The highest BCUT2D eigenvalue weighted by Gasteiger charge is 2.11. The fourth-order valence-electron chi connectivity index (χ4n) is 2.36. The van der Waals surface area contributed by atoms with Gasteiger partial charge in [-0.15, -0.1) is 11.3 Å². The standard InChI is InChI=1S/C14H19N5S/c1-10(2)13-11(8-18(3)17-13)6-15-7-12-9-19-4-5-20-14(19)16-12/h4-5,8-10,15H,6-7H2,1-3H3. The van der Waals surface area contributed by atoms with Gasteiger partial charge in [-0.05, 0) is 5.92 Å². The summed E-state index contributed by atoms with van der Waals surface area (Å²) >= 11 is 1.66. The SMILES string of the molecule is CC(C)c1nn(C)cc1CNCc1cn2ccsc2n1. The molecule has 0 fully saturated rings. The van der Waals surface area contributed by atoms with Crippen LogP contribution in [0.15, 0.2) is 24.0 Å². The second-order valence-electron chi connectivity index (χ2n) is 5.30. The topological polar surface area (TPSA) is 47.2 Å². The van der Waals surface area contributed by atoms with Crippen LogP contribution in [0.3, 0.4) is 0 Å². The van der Waals surface area contributed by atoms with Crippen molar-refractivity contribution in [3.8, 4) is 0 Å². The third-order valence-electron chi connectivity index (χ3n) is 3.25. The summed E-state index contributed by atoms with van der Waals surface area (Å²) in [6.07, 6.45) is 6.20. The van der Waals surface area contributed by atoms with E-state index in [1.54, 1.807) is 11.3 Å². The van der Waals surface area contributed by atoms with Gasteiger partial charge in [0.1, 0.15) is 0 Å². The second kappa shape index (κ2) is 5.38. The van der Waals surface area contributed by atoms with Crippen LogP contribution in [0.2, 0.25) is 0 Å². The Morgan fingerprint density at radius 2 is 2.15 bits per heavy atom. The van der Waals surface area contributed by atoms with E-state index in [0.717, 1.165) is 23.7 Å². The first-order valence-electron chi connectivity index (χ1n) is 6.77. The van der Waals surface area contributed by atoms with Crippen molar-refractivity contribution in [1.82, 2.24) is 24.5 Å². The molecule has 1 N–H and O–H groups in total. The molecule has 106 valence electrons. The van der Waals surface area contributed by atoms with Gasteiger partial charge in [0.25, 0.3) is 0 Å². The number of hydrogen-bond acceptors (Lipinski definition) is 4. The number of nitrogens with zero attached hydrogens (tertiary/aromatic N) is 4. The first kappa shape index (κ1) is 13.3. The van der Waals surface area contributed by atoms with E-state index in [9.17, 15) is 0 Å². The van der Waals surface area contributed by atoms with Crippen LogP contribution >= 0.6 is 11.3 Å². The van der Waals surface area contributed by atoms with Crippen LogP contribution < -0.4 is 5.32 Å². The van der Waals surface area contributed by atoms with Gasteiger partial charge in [-0.2, -0.15) is 5.10 Å². The average molecular weight is 289 g/mol. The van der Waals surface area contributed by atoms with Gasteiger partial charge in [-0.3, -0.25) is 9.08 Å². The summed E-state index contributed by atoms with van der Waals surface area (Å²) in [5.41, 5.74) is 3.51. The average Bonchev–Trinajstić information content (AvgIpc) is 3.03. The molecule has 0 bridgehead atoms. The molecule has 3 aromatic rings. The normalized spacial score (nSPS) is 11.8. The Kier molecular flexibility index (Phi) is 3.58. The number of thiazole rings is 1. The highest BCUT2D eigenvalue weighted by Crippen LogP contribution is 2.17. The van der Waals surface area contributed by atoms with Crippen LogP contribution in [0, 0.1) is 0 Å². The number of nitrogens with one attached hydrogen (secondary N) is 1. The molecule has 0 atom stereocenters. The molecule has 20 heavy (non-hydrogen) atoms. The molecule has 0 saturated carbocycles. The lowest BCUT2D eigenvalue weighted by molar-refractivity contribution is 0.670. The van der Waals surface area contributed by atoms with E-state index in [1.165, 1.54) is 11.3 Å². The van der Waals surface area contributed by atoms with Crippen molar-refractivity contribution in [3.63, 3.8) is 0 Å². The Morgan fingerprint density at radius 3 is 2.90 bits per heavy atom. The third kappa shape index (κ3) is 2.62. The molecule has 3 heterocycles. The molecule has 5 nitrogen and oxygen atoms in total. The van der Waals surface area contributed by atoms with E-state index < -0.39 is 0 Å². The molecule has 0 aromatic carbocycles. The van der Waals surface area contributed by atoms with Gasteiger partial charge in [0.05, 0.1) is 11.4 Å². The predicted molar refractivity (Wildman–Crippen MR) is 80.9 cm³/mol. The summed E-state index contributed by atoms with van der Waals surface area (Å²) in [4.78, 5) is 5.61. The minimum absolute atomic E-state index is 0.450. The second-order valence-corrected chi connectivity index (χ2v) is 6.17. The van der Waals surface area contributed by atoms with Crippen LogP contribution in [0.1, 0.15) is 36.7 Å². The van der Waals surface area contributed by atoms with Crippen molar-refractivity contribution in [2.75, 3.05) is 0 Å². The van der Waals surface area contributed by atoms with Crippen LogP contribution in [0.5, 0.6) is 0 Å². The number of rotatable bonds is 5. The number of aromatic nitrogens is 4. The first-order chi connectivity index (χ1) is 9.63. The van der Waals surface area contributed by atoms with Gasteiger partial charge >= 0.3 is 0 Å². The lowest BCUT2D eigenvalue weighted by atomic mass is 10.1. The fraction of sp³-hybridized carbons (Fsp3) is 0.429. The van der Waals surface area contributed by atoms with Crippen molar-refractivity contribution in [3.05, 3.63) is 40.9 Å². The maximum atomic E-state index is 4.56. The molecule has 0 unspecified atom stereocenters. The van der Waals surface area contributed by atoms with Crippen molar-refractivity contribution in [2.45, 2.75) is 32.9 Å². The third-order valence-corrected chi connectivity index (χ3v) is 4.02. The lowest BCUT2D eigenvalue weighted by Crippen LogP contribution is -2.14. The summed E-state index contributed by atoms with van der Waals surface area (Å²) in [5, 5.41) is 10.0. The van der Waals surface area contributed by atoms with E-state index >= 15 is 0 Å². The molecule has 0 aliphatic heterocycles. The van der Waals surface area contributed by atoms with E-state index in [1.807, 2.05) is 23.3 Å². The zero-order valence-corrected chi connectivity index (χ0v) is 12.8. The number of aryl methyl sites for hydroxylation is 1. The smallest absolute Gasteiger partial charge is 0.193 e. The Labute approximate surface area is 122 Å². The summed E-state index contributed by atoms with van der Waals surface area (Å²) in [5.74, 6) is 0.450. The van der Waals surface area contributed by atoms with Gasteiger partial charge in [0, 0.05) is 49.7 Å². The molecular formula is C14H19N5S. The quantitative estimate of drug-likeness (QED) is 0.785. The fourth-order valence-corrected chi connectivity index (χ4v) is 3.08. The van der Waals surface area contributed by atoms with E-state index in [0.29, 0.717) is 5.92 Å². The van der Waals surface area contributed by atoms with Crippen molar-refractivity contribution in [2.24, 2.45) is 7.05 Å². The Morgan fingerprint density at radius 1 is 1.30 bits per heavy atom. The molecule has 0 aliphatic rings. The van der Waals surface area contributed by atoms with E-state index in [2.05, 4.69) is 46.0 Å². The zero-order chi connectivity index (χ0) is 14.1. The first-order valence-corrected chi connectivity index (χ1v) is 7.65. The van der Waals surface area contributed by atoms with Crippen molar-refractivity contribution < 1.29 is 0 Å². The zero-order valence-electron chi connectivity index (χ0n) is 12.0. The van der Waals surface area contributed by atoms with Gasteiger partial charge in [0.2, 0.25) is 0 Å². The molecule has 0 radical (unpaired) electrons. The van der Waals surface area contributed by atoms with Crippen molar-refractivity contribution >= 4 is 16.3 Å². The predicted octanol–water partition coefficient (Wildman–Crippen LogP) is 2.54. The maximum absolute atomic E-state index is 4.56. The molecular weight excluding hydrogens is 270 g/mol. The molecule has 3 rings (SSSR count).